The zero-order valence-corrected chi connectivity index (χ0v) is 23.0. The summed E-state index contributed by atoms with van der Waals surface area (Å²) < 4.78 is 7.19. The van der Waals surface area contributed by atoms with Gasteiger partial charge in [0.1, 0.15) is 5.52 Å². The van der Waals surface area contributed by atoms with Gasteiger partial charge in [0.15, 0.2) is 11.5 Å². The minimum atomic E-state index is -0.281. The second kappa shape index (κ2) is 15.2. The second-order valence-corrected chi connectivity index (χ2v) is 9.69. The van der Waals surface area contributed by atoms with Gasteiger partial charge in [0.25, 0.3) is 0 Å². The fourth-order valence-corrected chi connectivity index (χ4v) is 4.66. The van der Waals surface area contributed by atoms with Crippen LogP contribution in [0.25, 0.3) is 11.2 Å². The molecule has 2 aromatic heterocycles. The number of carbonyl (C=O) groups is 1. The molecule has 1 aliphatic rings. The van der Waals surface area contributed by atoms with E-state index < -0.39 is 0 Å². The van der Waals surface area contributed by atoms with Gasteiger partial charge in [-0.25, -0.2) is 4.79 Å². The quantitative estimate of drug-likeness (QED) is 0.210. The van der Waals surface area contributed by atoms with E-state index in [0.29, 0.717) is 36.8 Å². The number of benzene rings is 1. The Kier molecular flexibility index (Phi) is 11.7. The number of H-pyrrole nitrogens is 1. The zero-order chi connectivity index (χ0) is 28.2. The monoisotopic (exact) mass is 542 g/mol. The minimum Gasteiger partial charge on any atom is -0.463 e. The molecule has 0 atom stereocenters. The van der Waals surface area contributed by atoms with Crippen LogP contribution < -0.4 is 27.2 Å². The number of nitrogens with one attached hydrogen (secondary N) is 2. The van der Waals surface area contributed by atoms with E-state index in [1.165, 1.54) is 5.56 Å². The summed E-state index contributed by atoms with van der Waals surface area (Å²) in [6.07, 6.45) is 5.16. The normalized spacial score (nSPS) is 14.2. The molecule has 1 amide bonds. The van der Waals surface area contributed by atoms with Crippen molar-refractivity contribution in [1.29, 1.82) is 0 Å². The summed E-state index contributed by atoms with van der Waals surface area (Å²) in [6, 6.07) is 8.53. The summed E-state index contributed by atoms with van der Waals surface area (Å²) in [4.78, 5) is 37.8. The molecule has 12 heteroatoms. The third kappa shape index (κ3) is 8.50. The van der Waals surface area contributed by atoms with Crippen molar-refractivity contribution in [2.24, 2.45) is 11.7 Å². The molecule has 1 aromatic carbocycles. The number of likely N-dealkylation sites (tertiary alicyclic amines) is 1. The smallest absolute Gasteiger partial charge is 0.328 e. The van der Waals surface area contributed by atoms with Crippen LogP contribution in [0, 0.1) is 5.92 Å². The number of piperidine rings is 1. The minimum absolute atomic E-state index is 0.0494. The van der Waals surface area contributed by atoms with E-state index in [1.807, 2.05) is 0 Å². The van der Waals surface area contributed by atoms with Crippen LogP contribution >= 0.6 is 0 Å². The Morgan fingerprint density at radius 1 is 1.15 bits per heavy atom. The predicted molar refractivity (Wildman–Crippen MR) is 151 cm³/mol. The van der Waals surface area contributed by atoms with Gasteiger partial charge in [-0.2, -0.15) is 9.97 Å². The van der Waals surface area contributed by atoms with E-state index in [4.69, 9.17) is 21.3 Å². The van der Waals surface area contributed by atoms with E-state index >= 15 is 0 Å². The van der Waals surface area contributed by atoms with Gasteiger partial charge in [-0.3, -0.25) is 14.3 Å². The molecule has 3 aromatic rings. The molecule has 214 valence electrons. The van der Waals surface area contributed by atoms with Crippen molar-refractivity contribution in [3.63, 3.8) is 0 Å². The molecular weight excluding hydrogens is 500 g/mol. The Balaban J connectivity index is 0.00000205. The molecule has 1 fully saturated rings. The van der Waals surface area contributed by atoms with Crippen molar-refractivity contribution >= 4 is 22.9 Å². The first-order valence-electron chi connectivity index (χ1n) is 13.6. The summed E-state index contributed by atoms with van der Waals surface area (Å²) >= 11 is 0. The van der Waals surface area contributed by atoms with Gasteiger partial charge in [-0.15, -0.1) is 0 Å². The number of aliphatic hydroxyl groups excluding tert-OH is 1. The lowest BCUT2D eigenvalue weighted by molar-refractivity contribution is -0.119. The SMILES string of the molecule is CCCCOc1nc(N)c2[nH]c(=O)n(Cc3ccc(CN4CCC(CCNC(=O)CN)CC4)cc3)c2n1.CO. The van der Waals surface area contributed by atoms with Crippen molar-refractivity contribution in [1.82, 2.24) is 29.7 Å². The Morgan fingerprint density at radius 3 is 2.46 bits per heavy atom. The lowest BCUT2D eigenvalue weighted by Gasteiger charge is -2.32. The molecule has 3 heterocycles. The van der Waals surface area contributed by atoms with Gasteiger partial charge in [-0.1, -0.05) is 37.6 Å². The molecule has 1 aliphatic heterocycles. The van der Waals surface area contributed by atoms with Crippen LogP contribution in [-0.2, 0) is 17.9 Å². The molecule has 0 bridgehead atoms. The average Bonchev–Trinajstić information content (AvgIpc) is 3.27. The molecule has 12 nitrogen and oxygen atoms in total. The average molecular weight is 543 g/mol. The summed E-state index contributed by atoms with van der Waals surface area (Å²) in [6.45, 7) is 6.69. The van der Waals surface area contributed by atoms with Crippen LogP contribution in [0.15, 0.2) is 29.1 Å². The molecule has 39 heavy (non-hydrogen) atoms. The van der Waals surface area contributed by atoms with E-state index in [1.54, 1.807) is 4.57 Å². The highest BCUT2D eigenvalue weighted by Crippen LogP contribution is 2.22. The number of nitrogens with two attached hydrogens (primary N) is 2. The first-order valence-corrected chi connectivity index (χ1v) is 13.6. The molecule has 0 radical (unpaired) electrons. The molecule has 0 aliphatic carbocycles. The zero-order valence-electron chi connectivity index (χ0n) is 23.0. The molecule has 0 spiro atoms. The Hall–Kier alpha value is -3.48. The lowest BCUT2D eigenvalue weighted by atomic mass is 9.93. The van der Waals surface area contributed by atoms with Gasteiger partial charge < -0.3 is 31.6 Å². The summed E-state index contributed by atoms with van der Waals surface area (Å²) in [7, 11) is 1.00. The number of aromatic amines is 1. The number of rotatable bonds is 12. The highest BCUT2D eigenvalue weighted by molar-refractivity contribution is 5.82. The van der Waals surface area contributed by atoms with E-state index in [-0.39, 0.29) is 30.0 Å². The number of aromatic nitrogens is 4. The largest absolute Gasteiger partial charge is 0.463 e. The van der Waals surface area contributed by atoms with Crippen molar-refractivity contribution in [3.8, 4) is 6.01 Å². The summed E-state index contributed by atoms with van der Waals surface area (Å²) in [5.41, 5.74) is 14.2. The van der Waals surface area contributed by atoms with Gasteiger partial charge in [0.2, 0.25) is 5.91 Å². The first kappa shape index (κ1) is 30.1. The first-order chi connectivity index (χ1) is 19.0. The highest BCUT2D eigenvalue weighted by Gasteiger charge is 2.19. The van der Waals surface area contributed by atoms with E-state index in [0.717, 1.165) is 64.4 Å². The molecule has 4 rings (SSSR count). The number of aliphatic hydroxyl groups is 1. The van der Waals surface area contributed by atoms with Gasteiger partial charge >= 0.3 is 11.7 Å². The third-order valence-corrected chi connectivity index (χ3v) is 6.90. The van der Waals surface area contributed by atoms with Crippen molar-refractivity contribution in [3.05, 3.63) is 45.9 Å². The lowest BCUT2D eigenvalue weighted by Crippen LogP contribution is -2.36. The standard InChI is InChI=1S/C26H38N8O3.CH4O/c1-2-3-14-37-25-31-23(28)22-24(32-25)34(26(36)30-22)17-20-6-4-19(5-7-20)16-33-12-9-18(10-13-33)8-11-29-21(35)15-27;1-2/h4-7,18H,2-3,8-17,27H2,1H3,(H,29,35)(H,30,36)(H2,28,31,32);2H,1H3. The molecule has 7 N–H and O–H groups in total. The van der Waals surface area contributed by atoms with Crippen molar-refractivity contribution < 1.29 is 14.6 Å². The van der Waals surface area contributed by atoms with Crippen LogP contribution in [0.4, 0.5) is 5.82 Å². The number of imidazole rings is 1. The van der Waals surface area contributed by atoms with Crippen molar-refractivity contribution in [2.75, 3.05) is 45.6 Å². The molecule has 1 saturated heterocycles. The number of hydrogen-bond donors (Lipinski definition) is 5. The number of fused-ring (bicyclic) bond motifs is 1. The Labute approximate surface area is 228 Å². The number of ether oxygens (including phenoxy) is 1. The maximum atomic E-state index is 12.6. The fraction of sp³-hybridized carbons (Fsp3) is 0.556. The Morgan fingerprint density at radius 2 is 1.82 bits per heavy atom. The van der Waals surface area contributed by atoms with Crippen LogP contribution in [0.1, 0.15) is 50.2 Å². The molecule has 0 saturated carbocycles. The predicted octanol–water partition coefficient (Wildman–Crippen LogP) is 1.21. The number of hydrogen-bond acceptors (Lipinski definition) is 9. The molecule has 0 unspecified atom stereocenters. The van der Waals surface area contributed by atoms with Crippen LogP contribution in [0.3, 0.4) is 0 Å². The maximum Gasteiger partial charge on any atom is 0.328 e. The van der Waals surface area contributed by atoms with Crippen molar-refractivity contribution in [2.45, 2.75) is 52.1 Å². The topological polar surface area (TPSA) is 177 Å². The number of nitrogen functional groups attached to an aromatic ring is 1. The fourth-order valence-electron chi connectivity index (χ4n) is 4.66. The third-order valence-electron chi connectivity index (χ3n) is 6.90. The van der Waals surface area contributed by atoms with Crippen LogP contribution in [-0.4, -0.2) is 75.3 Å². The number of amides is 1. The van der Waals surface area contributed by atoms with Gasteiger partial charge in [-0.05, 0) is 55.8 Å². The van der Waals surface area contributed by atoms with Crippen LogP contribution in [0.5, 0.6) is 6.01 Å². The van der Waals surface area contributed by atoms with Gasteiger partial charge in [0, 0.05) is 20.2 Å². The number of carbonyl (C=O) groups excluding carboxylic acids is 1. The summed E-state index contributed by atoms with van der Waals surface area (Å²) in [5, 5.41) is 9.86. The Bertz CT molecular complexity index is 1230. The van der Waals surface area contributed by atoms with Gasteiger partial charge in [0.05, 0.1) is 19.7 Å². The maximum absolute atomic E-state index is 12.6. The highest BCUT2D eigenvalue weighted by atomic mass is 16.5. The summed E-state index contributed by atoms with van der Waals surface area (Å²) in [5.74, 6) is 0.752. The van der Waals surface area contributed by atoms with E-state index in [2.05, 4.69) is 56.4 Å². The number of nitrogens with zero attached hydrogens (tertiary/aromatic N) is 4. The van der Waals surface area contributed by atoms with Crippen LogP contribution in [0.2, 0.25) is 0 Å². The second-order valence-electron chi connectivity index (χ2n) is 9.69. The number of anilines is 1. The molecular formula is C27H42N8O4. The van der Waals surface area contributed by atoms with E-state index in [9.17, 15) is 9.59 Å². The number of unbranched alkanes of at least 4 members (excludes halogenated alkanes) is 1.